The van der Waals surface area contributed by atoms with Gasteiger partial charge in [-0.25, -0.2) is 0 Å². The molecular formula is C15H19N3OS2. The van der Waals surface area contributed by atoms with E-state index < -0.39 is 0 Å². The first-order chi connectivity index (χ1) is 10.3. The summed E-state index contributed by atoms with van der Waals surface area (Å²) in [5, 5.41) is 7.06. The Morgan fingerprint density at radius 1 is 1.52 bits per heavy atom. The maximum atomic E-state index is 12.6. The summed E-state index contributed by atoms with van der Waals surface area (Å²) >= 11 is 3.40. The van der Waals surface area contributed by atoms with Crippen LogP contribution in [-0.2, 0) is 0 Å². The van der Waals surface area contributed by atoms with Gasteiger partial charge in [-0.2, -0.15) is 5.10 Å². The number of nitrogens with zero attached hydrogens (tertiary/aromatic N) is 2. The molecule has 112 valence electrons. The molecule has 0 saturated carbocycles. The molecule has 1 unspecified atom stereocenters. The molecule has 1 N–H and O–H groups in total. The smallest absolute Gasteiger partial charge is 0.263 e. The second-order valence-electron chi connectivity index (χ2n) is 5.15. The number of thioether (sulfide) groups is 1. The van der Waals surface area contributed by atoms with Gasteiger partial charge < -0.3 is 4.90 Å². The van der Waals surface area contributed by atoms with E-state index in [-0.39, 0.29) is 5.91 Å². The van der Waals surface area contributed by atoms with Gasteiger partial charge in [0, 0.05) is 30.9 Å². The molecule has 3 heterocycles. The highest BCUT2D eigenvalue weighted by Crippen LogP contribution is 2.30. The quantitative estimate of drug-likeness (QED) is 0.875. The standard InChI is InChI=1S/C15H19N3OS2/c1-2-20-14-6-5-13(21-14)15(19)18-9-3-4-11(10-18)12-7-8-16-17-12/h5-8,11H,2-4,9-10H2,1H3,(H,16,17). The molecule has 2 aromatic rings. The van der Waals surface area contributed by atoms with Gasteiger partial charge in [0.2, 0.25) is 0 Å². The minimum absolute atomic E-state index is 0.173. The number of likely N-dealkylation sites (tertiary alicyclic amines) is 1. The van der Waals surface area contributed by atoms with Crippen LogP contribution in [0.25, 0.3) is 0 Å². The van der Waals surface area contributed by atoms with Gasteiger partial charge in [0.1, 0.15) is 0 Å². The zero-order chi connectivity index (χ0) is 14.7. The minimum Gasteiger partial charge on any atom is -0.337 e. The first-order valence-corrected chi connectivity index (χ1v) is 9.09. The summed E-state index contributed by atoms with van der Waals surface area (Å²) in [6.45, 7) is 3.78. The SMILES string of the molecule is CCSc1ccc(C(=O)N2CCCC(c3ccn[nH]3)C2)s1. The number of piperidine rings is 1. The van der Waals surface area contributed by atoms with Gasteiger partial charge in [0.15, 0.2) is 0 Å². The summed E-state index contributed by atoms with van der Waals surface area (Å²) in [7, 11) is 0. The highest BCUT2D eigenvalue weighted by atomic mass is 32.2. The van der Waals surface area contributed by atoms with Crippen LogP contribution in [-0.4, -0.2) is 39.8 Å². The second kappa shape index (κ2) is 6.66. The fourth-order valence-corrected chi connectivity index (χ4v) is 4.73. The van der Waals surface area contributed by atoms with Gasteiger partial charge >= 0.3 is 0 Å². The Morgan fingerprint density at radius 2 is 2.43 bits per heavy atom. The Kier molecular flexibility index (Phi) is 4.65. The van der Waals surface area contributed by atoms with Gasteiger partial charge in [0.05, 0.1) is 9.09 Å². The fourth-order valence-electron chi connectivity index (χ4n) is 2.72. The minimum atomic E-state index is 0.173. The number of aromatic nitrogens is 2. The van der Waals surface area contributed by atoms with Crippen molar-refractivity contribution in [3.63, 3.8) is 0 Å². The molecule has 0 spiro atoms. The van der Waals surface area contributed by atoms with Crippen LogP contribution in [0.1, 0.15) is 41.0 Å². The third-order valence-electron chi connectivity index (χ3n) is 3.75. The average molecular weight is 321 g/mol. The van der Waals surface area contributed by atoms with E-state index in [1.807, 2.05) is 17.0 Å². The van der Waals surface area contributed by atoms with Crippen molar-refractivity contribution in [2.24, 2.45) is 0 Å². The van der Waals surface area contributed by atoms with Gasteiger partial charge in [-0.1, -0.05) is 6.92 Å². The zero-order valence-electron chi connectivity index (χ0n) is 12.0. The Balaban J connectivity index is 1.68. The summed E-state index contributed by atoms with van der Waals surface area (Å²) in [6, 6.07) is 6.03. The van der Waals surface area contributed by atoms with Crippen LogP contribution >= 0.6 is 23.1 Å². The first-order valence-electron chi connectivity index (χ1n) is 7.29. The molecule has 1 aliphatic rings. The zero-order valence-corrected chi connectivity index (χ0v) is 13.7. The maximum Gasteiger partial charge on any atom is 0.263 e. The van der Waals surface area contributed by atoms with Gasteiger partial charge in [-0.05, 0) is 36.8 Å². The number of amides is 1. The van der Waals surface area contributed by atoms with Crippen molar-refractivity contribution in [1.82, 2.24) is 15.1 Å². The first kappa shape index (κ1) is 14.7. The summed E-state index contributed by atoms with van der Waals surface area (Å²) in [5.74, 6) is 1.60. The highest BCUT2D eigenvalue weighted by molar-refractivity contribution is 8.01. The summed E-state index contributed by atoms with van der Waals surface area (Å²) in [4.78, 5) is 15.5. The van der Waals surface area contributed by atoms with Crippen molar-refractivity contribution >= 4 is 29.0 Å². The Bertz CT molecular complexity index is 594. The molecule has 0 radical (unpaired) electrons. The molecule has 1 atom stereocenters. The molecule has 1 fully saturated rings. The molecule has 1 aliphatic heterocycles. The van der Waals surface area contributed by atoms with Crippen molar-refractivity contribution in [3.8, 4) is 0 Å². The van der Waals surface area contributed by atoms with E-state index in [0.29, 0.717) is 5.92 Å². The lowest BCUT2D eigenvalue weighted by Gasteiger charge is -2.31. The van der Waals surface area contributed by atoms with E-state index in [1.54, 1.807) is 29.3 Å². The molecule has 4 nitrogen and oxygen atoms in total. The molecular weight excluding hydrogens is 302 g/mol. The summed E-state index contributed by atoms with van der Waals surface area (Å²) in [6.07, 6.45) is 3.95. The number of nitrogens with one attached hydrogen (secondary N) is 1. The van der Waals surface area contributed by atoms with Crippen LogP contribution in [0.4, 0.5) is 0 Å². The third kappa shape index (κ3) is 3.32. The van der Waals surface area contributed by atoms with Crippen LogP contribution in [0, 0.1) is 0 Å². The Morgan fingerprint density at radius 3 is 3.19 bits per heavy atom. The number of carbonyl (C=O) groups is 1. The number of hydrogen-bond acceptors (Lipinski definition) is 4. The number of carbonyl (C=O) groups excluding carboxylic acids is 1. The van der Waals surface area contributed by atoms with E-state index in [9.17, 15) is 4.79 Å². The normalized spacial score (nSPS) is 18.9. The summed E-state index contributed by atoms with van der Waals surface area (Å²) < 4.78 is 1.22. The topological polar surface area (TPSA) is 49.0 Å². The summed E-state index contributed by atoms with van der Waals surface area (Å²) in [5.41, 5.74) is 1.14. The molecule has 2 aromatic heterocycles. The lowest BCUT2D eigenvalue weighted by atomic mass is 9.95. The predicted octanol–water partition coefficient (Wildman–Crippen LogP) is 3.60. The van der Waals surface area contributed by atoms with Crippen LogP contribution in [0.15, 0.2) is 28.6 Å². The van der Waals surface area contributed by atoms with E-state index in [1.165, 1.54) is 4.21 Å². The van der Waals surface area contributed by atoms with E-state index >= 15 is 0 Å². The van der Waals surface area contributed by atoms with Gasteiger partial charge in [-0.3, -0.25) is 9.89 Å². The molecule has 0 bridgehead atoms. The molecule has 0 aliphatic carbocycles. The van der Waals surface area contributed by atoms with Crippen molar-refractivity contribution < 1.29 is 4.79 Å². The van der Waals surface area contributed by atoms with Crippen LogP contribution in [0.5, 0.6) is 0 Å². The van der Waals surface area contributed by atoms with Crippen LogP contribution < -0.4 is 0 Å². The van der Waals surface area contributed by atoms with Crippen LogP contribution in [0.2, 0.25) is 0 Å². The van der Waals surface area contributed by atoms with Crippen molar-refractivity contribution in [3.05, 3.63) is 35.0 Å². The van der Waals surface area contributed by atoms with E-state index in [4.69, 9.17) is 0 Å². The lowest BCUT2D eigenvalue weighted by molar-refractivity contribution is 0.0711. The van der Waals surface area contributed by atoms with Crippen molar-refractivity contribution in [2.75, 3.05) is 18.8 Å². The Hall–Kier alpha value is -1.27. The maximum absolute atomic E-state index is 12.6. The fraction of sp³-hybridized carbons (Fsp3) is 0.467. The molecule has 0 aromatic carbocycles. The molecule has 1 saturated heterocycles. The number of aromatic amines is 1. The molecule has 6 heteroatoms. The van der Waals surface area contributed by atoms with Gasteiger partial charge in [-0.15, -0.1) is 23.1 Å². The van der Waals surface area contributed by atoms with Gasteiger partial charge in [0.25, 0.3) is 5.91 Å². The van der Waals surface area contributed by atoms with E-state index in [2.05, 4.69) is 23.2 Å². The highest BCUT2D eigenvalue weighted by Gasteiger charge is 2.26. The van der Waals surface area contributed by atoms with Crippen molar-refractivity contribution in [2.45, 2.75) is 29.9 Å². The largest absolute Gasteiger partial charge is 0.337 e. The Labute approximate surface area is 132 Å². The van der Waals surface area contributed by atoms with E-state index in [0.717, 1.165) is 42.3 Å². The number of H-pyrrole nitrogens is 1. The van der Waals surface area contributed by atoms with Crippen molar-refractivity contribution in [1.29, 1.82) is 0 Å². The number of rotatable bonds is 4. The average Bonchev–Trinajstić information content (AvgIpc) is 3.18. The molecule has 1 amide bonds. The predicted molar refractivity (Wildman–Crippen MR) is 87.2 cm³/mol. The third-order valence-corrected chi connectivity index (χ3v) is 5.93. The lowest BCUT2D eigenvalue weighted by Crippen LogP contribution is -2.38. The van der Waals surface area contributed by atoms with Crippen LogP contribution in [0.3, 0.4) is 0 Å². The number of hydrogen-bond donors (Lipinski definition) is 1. The molecule has 3 rings (SSSR count). The monoisotopic (exact) mass is 321 g/mol. The number of thiophene rings is 1. The molecule has 21 heavy (non-hydrogen) atoms. The second-order valence-corrected chi connectivity index (χ2v) is 7.80.